The lowest BCUT2D eigenvalue weighted by atomic mass is 10.2. The van der Waals surface area contributed by atoms with Crippen LogP contribution in [0.2, 0.25) is 0 Å². The van der Waals surface area contributed by atoms with Gasteiger partial charge in [-0.25, -0.2) is 0 Å². The fraction of sp³-hybridized carbons (Fsp3) is 0.353. The molecule has 4 heteroatoms. The summed E-state index contributed by atoms with van der Waals surface area (Å²) in [6.45, 7) is 6.78. The molecule has 0 fully saturated rings. The fourth-order valence-electron chi connectivity index (χ4n) is 1.90. The molecule has 0 atom stereocenters. The topological polar surface area (TPSA) is 34.1 Å². The first-order valence-electron chi connectivity index (χ1n) is 7.16. The van der Waals surface area contributed by atoms with Crippen molar-refractivity contribution in [1.82, 2.24) is 10.3 Å². The quantitative estimate of drug-likeness (QED) is 0.815. The Kier molecular flexibility index (Phi) is 6.21. The zero-order chi connectivity index (χ0) is 15.1. The minimum absolute atomic E-state index is 0.482. The molecular weight excluding hydrogens is 328 g/mol. The SMILES string of the molecule is CC(C)CNCc1cccc(OCc2ccc(Br)cn2)c1. The highest BCUT2D eigenvalue weighted by Gasteiger charge is 2.00. The highest BCUT2D eigenvalue weighted by molar-refractivity contribution is 9.10. The van der Waals surface area contributed by atoms with E-state index >= 15 is 0 Å². The second kappa shape index (κ2) is 8.15. The number of hydrogen-bond acceptors (Lipinski definition) is 3. The van der Waals surface area contributed by atoms with Crippen LogP contribution in [0.15, 0.2) is 47.1 Å². The molecule has 2 rings (SSSR count). The van der Waals surface area contributed by atoms with Crippen LogP contribution in [0.3, 0.4) is 0 Å². The van der Waals surface area contributed by atoms with E-state index in [1.807, 2.05) is 24.3 Å². The van der Waals surface area contributed by atoms with Crippen LogP contribution in [0.5, 0.6) is 5.75 Å². The van der Waals surface area contributed by atoms with Gasteiger partial charge in [-0.15, -0.1) is 0 Å². The Morgan fingerprint density at radius 3 is 2.81 bits per heavy atom. The number of hydrogen-bond donors (Lipinski definition) is 1. The molecule has 0 aliphatic carbocycles. The molecule has 1 aromatic carbocycles. The molecule has 0 aliphatic heterocycles. The molecule has 1 N–H and O–H groups in total. The smallest absolute Gasteiger partial charge is 0.130 e. The summed E-state index contributed by atoms with van der Waals surface area (Å²) in [7, 11) is 0. The largest absolute Gasteiger partial charge is 0.487 e. The van der Waals surface area contributed by atoms with Crippen LogP contribution in [-0.4, -0.2) is 11.5 Å². The van der Waals surface area contributed by atoms with Gasteiger partial charge in [-0.1, -0.05) is 26.0 Å². The monoisotopic (exact) mass is 348 g/mol. The molecule has 0 aliphatic rings. The summed E-state index contributed by atoms with van der Waals surface area (Å²) in [5.74, 6) is 1.54. The molecule has 1 aromatic heterocycles. The Morgan fingerprint density at radius 2 is 2.10 bits per heavy atom. The van der Waals surface area contributed by atoms with Crippen molar-refractivity contribution in [3.05, 3.63) is 58.3 Å². The summed E-state index contributed by atoms with van der Waals surface area (Å²) in [4.78, 5) is 4.30. The van der Waals surface area contributed by atoms with Gasteiger partial charge in [-0.05, 0) is 58.2 Å². The molecule has 0 amide bonds. The molecule has 0 saturated heterocycles. The fourth-order valence-corrected chi connectivity index (χ4v) is 2.13. The summed E-state index contributed by atoms with van der Waals surface area (Å²) in [5.41, 5.74) is 2.15. The average Bonchev–Trinajstić information content (AvgIpc) is 2.47. The van der Waals surface area contributed by atoms with E-state index in [1.165, 1.54) is 5.56 Å². The molecule has 112 valence electrons. The predicted molar refractivity (Wildman–Crippen MR) is 89.3 cm³/mol. The molecule has 0 radical (unpaired) electrons. The van der Waals surface area contributed by atoms with E-state index in [9.17, 15) is 0 Å². The van der Waals surface area contributed by atoms with Gasteiger partial charge in [0.25, 0.3) is 0 Å². The first-order valence-corrected chi connectivity index (χ1v) is 7.95. The van der Waals surface area contributed by atoms with Crippen molar-refractivity contribution >= 4 is 15.9 Å². The number of benzene rings is 1. The number of nitrogens with one attached hydrogen (secondary N) is 1. The van der Waals surface area contributed by atoms with E-state index in [0.29, 0.717) is 12.5 Å². The summed E-state index contributed by atoms with van der Waals surface area (Å²) >= 11 is 3.37. The lowest BCUT2D eigenvalue weighted by Gasteiger charge is -2.10. The number of halogens is 1. The highest BCUT2D eigenvalue weighted by Crippen LogP contribution is 2.15. The van der Waals surface area contributed by atoms with E-state index in [0.717, 1.165) is 29.0 Å². The minimum Gasteiger partial charge on any atom is -0.487 e. The Bertz CT molecular complexity index is 555. The van der Waals surface area contributed by atoms with Gasteiger partial charge in [-0.3, -0.25) is 4.98 Å². The van der Waals surface area contributed by atoms with E-state index in [4.69, 9.17) is 4.74 Å². The minimum atomic E-state index is 0.482. The predicted octanol–water partition coefficient (Wildman–Crippen LogP) is 4.17. The zero-order valence-corrected chi connectivity index (χ0v) is 14.1. The van der Waals surface area contributed by atoms with Crippen molar-refractivity contribution in [2.75, 3.05) is 6.54 Å². The van der Waals surface area contributed by atoms with Gasteiger partial charge in [0.2, 0.25) is 0 Å². The van der Waals surface area contributed by atoms with Gasteiger partial charge in [0, 0.05) is 17.2 Å². The summed E-state index contributed by atoms with van der Waals surface area (Å²) in [6.07, 6.45) is 1.78. The molecule has 0 saturated carbocycles. The number of ether oxygens (including phenoxy) is 1. The summed E-state index contributed by atoms with van der Waals surface area (Å²) in [6, 6.07) is 12.1. The van der Waals surface area contributed by atoms with E-state index in [2.05, 4.69) is 52.2 Å². The number of rotatable bonds is 7. The maximum absolute atomic E-state index is 5.79. The zero-order valence-electron chi connectivity index (χ0n) is 12.5. The van der Waals surface area contributed by atoms with E-state index < -0.39 is 0 Å². The van der Waals surface area contributed by atoms with Crippen molar-refractivity contribution in [2.45, 2.75) is 27.0 Å². The van der Waals surface area contributed by atoms with Gasteiger partial charge in [0.05, 0.1) is 5.69 Å². The Balaban J connectivity index is 1.87. The van der Waals surface area contributed by atoms with Gasteiger partial charge in [0.1, 0.15) is 12.4 Å². The van der Waals surface area contributed by atoms with Crippen LogP contribution in [0.4, 0.5) is 0 Å². The highest BCUT2D eigenvalue weighted by atomic mass is 79.9. The Hall–Kier alpha value is -1.39. The maximum atomic E-state index is 5.79. The lowest BCUT2D eigenvalue weighted by Crippen LogP contribution is -2.18. The van der Waals surface area contributed by atoms with Crippen LogP contribution in [0, 0.1) is 5.92 Å². The van der Waals surface area contributed by atoms with Crippen LogP contribution >= 0.6 is 15.9 Å². The second-order valence-corrected chi connectivity index (χ2v) is 6.34. The molecule has 3 nitrogen and oxygen atoms in total. The summed E-state index contributed by atoms with van der Waals surface area (Å²) in [5, 5.41) is 3.44. The van der Waals surface area contributed by atoms with Gasteiger partial charge >= 0.3 is 0 Å². The number of nitrogens with zero attached hydrogens (tertiary/aromatic N) is 1. The molecule has 2 aromatic rings. The van der Waals surface area contributed by atoms with Crippen molar-refractivity contribution in [2.24, 2.45) is 5.92 Å². The third kappa shape index (κ3) is 5.86. The molecule has 21 heavy (non-hydrogen) atoms. The molecule has 1 heterocycles. The number of pyridine rings is 1. The van der Waals surface area contributed by atoms with Crippen LogP contribution < -0.4 is 10.1 Å². The standard InChI is InChI=1S/C17H21BrN2O/c1-13(2)9-19-10-14-4-3-5-17(8-14)21-12-16-7-6-15(18)11-20-16/h3-8,11,13,19H,9-10,12H2,1-2H3. The number of aromatic nitrogens is 1. The maximum Gasteiger partial charge on any atom is 0.130 e. The third-order valence-electron chi connectivity index (χ3n) is 2.96. The van der Waals surface area contributed by atoms with Crippen LogP contribution in [0.1, 0.15) is 25.1 Å². The molecular formula is C17H21BrN2O. The second-order valence-electron chi connectivity index (χ2n) is 5.43. The van der Waals surface area contributed by atoms with Crippen LogP contribution in [0.25, 0.3) is 0 Å². The summed E-state index contributed by atoms with van der Waals surface area (Å²) < 4.78 is 6.77. The normalized spacial score (nSPS) is 10.9. The first kappa shape index (κ1) is 16.0. The van der Waals surface area contributed by atoms with Crippen molar-refractivity contribution < 1.29 is 4.74 Å². The average molecular weight is 349 g/mol. The Labute approximate surface area is 134 Å². The van der Waals surface area contributed by atoms with Gasteiger partial charge < -0.3 is 10.1 Å². The molecule has 0 bridgehead atoms. The van der Waals surface area contributed by atoms with E-state index in [-0.39, 0.29) is 0 Å². The first-order chi connectivity index (χ1) is 10.1. The van der Waals surface area contributed by atoms with Crippen molar-refractivity contribution in [3.63, 3.8) is 0 Å². The van der Waals surface area contributed by atoms with Crippen molar-refractivity contribution in [1.29, 1.82) is 0 Å². The Morgan fingerprint density at radius 1 is 1.24 bits per heavy atom. The van der Waals surface area contributed by atoms with Crippen LogP contribution in [-0.2, 0) is 13.2 Å². The van der Waals surface area contributed by atoms with Gasteiger partial charge in [0.15, 0.2) is 0 Å². The van der Waals surface area contributed by atoms with E-state index in [1.54, 1.807) is 6.20 Å². The third-order valence-corrected chi connectivity index (χ3v) is 3.42. The van der Waals surface area contributed by atoms with Gasteiger partial charge in [-0.2, -0.15) is 0 Å². The molecule has 0 unspecified atom stereocenters. The van der Waals surface area contributed by atoms with Crippen molar-refractivity contribution in [3.8, 4) is 5.75 Å². The molecule has 0 spiro atoms. The lowest BCUT2D eigenvalue weighted by molar-refractivity contribution is 0.301.